The first kappa shape index (κ1) is 15.6. The third kappa shape index (κ3) is 4.04. The van der Waals surface area contributed by atoms with Crippen molar-refractivity contribution >= 4 is 17.6 Å². The number of benzene rings is 1. The summed E-state index contributed by atoms with van der Waals surface area (Å²) in [6, 6.07) is 5.78. The predicted molar refractivity (Wildman–Crippen MR) is 71.3 cm³/mol. The van der Waals surface area contributed by atoms with Crippen LogP contribution in [-0.2, 0) is 9.53 Å². The first-order valence-corrected chi connectivity index (χ1v) is 6.03. The Morgan fingerprint density at radius 1 is 1.35 bits per heavy atom. The van der Waals surface area contributed by atoms with Crippen molar-refractivity contribution < 1.29 is 19.2 Å². The van der Waals surface area contributed by atoms with Gasteiger partial charge < -0.3 is 9.64 Å². The highest BCUT2D eigenvalue weighted by Gasteiger charge is 2.21. The van der Waals surface area contributed by atoms with Gasteiger partial charge in [0.15, 0.2) is 0 Å². The van der Waals surface area contributed by atoms with Gasteiger partial charge in [0, 0.05) is 26.1 Å². The van der Waals surface area contributed by atoms with Crippen molar-refractivity contribution in [2.45, 2.75) is 12.8 Å². The van der Waals surface area contributed by atoms with E-state index in [0.29, 0.717) is 13.0 Å². The van der Waals surface area contributed by atoms with Crippen LogP contribution < -0.4 is 0 Å². The van der Waals surface area contributed by atoms with E-state index in [9.17, 15) is 19.7 Å². The summed E-state index contributed by atoms with van der Waals surface area (Å²) in [5.41, 5.74) is -0.185. The average molecular weight is 280 g/mol. The lowest BCUT2D eigenvalue weighted by Crippen LogP contribution is -2.28. The Hall–Kier alpha value is -2.44. The van der Waals surface area contributed by atoms with Crippen LogP contribution in [-0.4, -0.2) is 42.4 Å². The van der Waals surface area contributed by atoms with Crippen LogP contribution >= 0.6 is 0 Å². The summed E-state index contributed by atoms with van der Waals surface area (Å²) in [4.78, 5) is 34.7. The summed E-state index contributed by atoms with van der Waals surface area (Å²) >= 11 is 0. The molecule has 0 fully saturated rings. The third-order valence-electron chi connectivity index (χ3n) is 2.78. The van der Waals surface area contributed by atoms with E-state index in [1.54, 1.807) is 6.07 Å². The van der Waals surface area contributed by atoms with Gasteiger partial charge in [-0.15, -0.1) is 0 Å². The van der Waals surface area contributed by atoms with E-state index < -0.39 is 10.8 Å². The van der Waals surface area contributed by atoms with Gasteiger partial charge in [0.2, 0.25) is 0 Å². The molecule has 0 aliphatic rings. The normalized spacial score (nSPS) is 9.90. The minimum Gasteiger partial charge on any atom is -0.469 e. The number of methoxy groups -OCH3 is 1. The Morgan fingerprint density at radius 3 is 2.60 bits per heavy atom. The fraction of sp³-hybridized carbons (Fsp3) is 0.385. The molecular weight excluding hydrogens is 264 g/mol. The number of amides is 1. The maximum atomic E-state index is 12.1. The Labute approximate surface area is 116 Å². The highest BCUT2D eigenvalue weighted by Crippen LogP contribution is 2.19. The Morgan fingerprint density at radius 2 is 2.00 bits per heavy atom. The molecule has 1 amide bonds. The summed E-state index contributed by atoms with van der Waals surface area (Å²) < 4.78 is 4.50. The number of hydrogen-bond donors (Lipinski definition) is 0. The van der Waals surface area contributed by atoms with E-state index in [2.05, 4.69) is 4.74 Å². The highest BCUT2D eigenvalue weighted by atomic mass is 16.6. The topological polar surface area (TPSA) is 89.8 Å². The quantitative estimate of drug-likeness (QED) is 0.448. The Kier molecular flexibility index (Phi) is 5.64. The van der Waals surface area contributed by atoms with Gasteiger partial charge in [-0.1, -0.05) is 12.1 Å². The molecule has 0 bridgehead atoms. The molecule has 0 saturated heterocycles. The second-order valence-electron chi connectivity index (χ2n) is 4.18. The van der Waals surface area contributed by atoms with Crippen molar-refractivity contribution in [1.29, 1.82) is 0 Å². The van der Waals surface area contributed by atoms with Crippen molar-refractivity contribution in [2.24, 2.45) is 0 Å². The zero-order valence-electron chi connectivity index (χ0n) is 11.4. The molecule has 7 nitrogen and oxygen atoms in total. The van der Waals surface area contributed by atoms with E-state index in [0.717, 1.165) is 0 Å². The zero-order valence-corrected chi connectivity index (χ0v) is 11.4. The molecule has 0 unspecified atom stereocenters. The number of para-hydroxylation sites is 1. The molecule has 7 heteroatoms. The van der Waals surface area contributed by atoms with Gasteiger partial charge in [-0.25, -0.2) is 0 Å². The number of nitro groups is 1. The second kappa shape index (κ2) is 7.22. The van der Waals surface area contributed by atoms with Crippen molar-refractivity contribution in [3.63, 3.8) is 0 Å². The lowest BCUT2D eigenvalue weighted by molar-refractivity contribution is -0.385. The van der Waals surface area contributed by atoms with E-state index in [1.807, 2.05) is 0 Å². The predicted octanol–water partition coefficient (Wildman–Crippen LogP) is 1.62. The Bertz CT molecular complexity index is 515. The summed E-state index contributed by atoms with van der Waals surface area (Å²) in [7, 11) is 2.83. The molecule has 108 valence electrons. The van der Waals surface area contributed by atoms with Gasteiger partial charge in [0.05, 0.1) is 12.0 Å². The SMILES string of the molecule is COC(=O)CCCN(C)C(=O)c1ccccc1[N+](=O)[O-]. The molecule has 0 atom stereocenters. The minimum absolute atomic E-state index is 0.0399. The number of esters is 1. The number of carbonyl (C=O) groups is 2. The second-order valence-corrected chi connectivity index (χ2v) is 4.18. The smallest absolute Gasteiger partial charge is 0.305 e. The van der Waals surface area contributed by atoms with E-state index >= 15 is 0 Å². The maximum Gasteiger partial charge on any atom is 0.305 e. The maximum absolute atomic E-state index is 12.1. The van der Waals surface area contributed by atoms with Crippen LogP contribution in [0.4, 0.5) is 5.69 Å². The number of rotatable bonds is 6. The number of nitro benzene ring substituents is 1. The molecule has 0 spiro atoms. The van der Waals surface area contributed by atoms with Gasteiger partial charge in [-0.3, -0.25) is 19.7 Å². The highest BCUT2D eigenvalue weighted by molar-refractivity contribution is 5.97. The van der Waals surface area contributed by atoms with Gasteiger partial charge >= 0.3 is 5.97 Å². The molecule has 20 heavy (non-hydrogen) atoms. The molecule has 0 aromatic heterocycles. The molecule has 1 rings (SSSR count). The van der Waals surface area contributed by atoms with Crippen molar-refractivity contribution in [3.05, 3.63) is 39.9 Å². The van der Waals surface area contributed by atoms with E-state index in [4.69, 9.17) is 0 Å². The van der Waals surface area contributed by atoms with Crippen molar-refractivity contribution in [2.75, 3.05) is 20.7 Å². The summed E-state index contributed by atoms with van der Waals surface area (Å²) in [6.07, 6.45) is 0.639. The molecule has 0 aliphatic heterocycles. The average Bonchev–Trinajstić information content (AvgIpc) is 2.45. The van der Waals surface area contributed by atoms with E-state index in [1.165, 1.54) is 37.3 Å². The number of carbonyl (C=O) groups excluding carboxylic acids is 2. The molecular formula is C13H16N2O5. The van der Waals surface area contributed by atoms with Crippen molar-refractivity contribution in [1.82, 2.24) is 4.90 Å². The fourth-order valence-corrected chi connectivity index (χ4v) is 1.68. The standard InChI is InChI=1S/C13H16N2O5/c1-14(9-5-8-12(16)20-2)13(17)10-6-3-4-7-11(10)15(18)19/h3-4,6-7H,5,8-9H2,1-2H3. The monoisotopic (exact) mass is 280 g/mol. The number of nitrogens with zero attached hydrogens (tertiary/aromatic N) is 2. The summed E-state index contributed by atoms with van der Waals surface area (Å²) in [6.45, 7) is 0.319. The van der Waals surface area contributed by atoms with Crippen LogP contribution in [0.3, 0.4) is 0 Å². The molecule has 0 radical (unpaired) electrons. The van der Waals surface area contributed by atoms with E-state index in [-0.39, 0.29) is 23.6 Å². The molecule has 0 N–H and O–H groups in total. The molecule has 0 saturated carbocycles. The van der Waals surface area contributed by atoms with Crippen LogP contribution in [0.5, 0.6) is 0 Å². The lowest BCUT2D eigenvalue weighted by Gasteiger charge is -2.16. The lowest BCUT2D eigenvalue weighted by atomic mass is 10.1. The van der Waals surface area contributed by atoms with Crippen LogP contribution in [0, 0.1) is 10.1 Å². The van der Waals surface area contributed by atoms with Gasteiger partial charge in [0.25, 0.3) is 11.6 Å². The first-order chi connectivity index (χ1) is 9.47. The van der Waals surface area contributed by atoms with Gasteiger partial charge in [-0.05, 0) is 12.5 Å². The first-order valence-electron chi connectivity index (χ1n) is 6.03. The zero-order chi connectivity index (χ0) is 15.1. The molecule has 0 aliphatic carbocycles. The summed E-state index contributed by atoms with van der Waals surface area (Å²) in [5, 5.41) is 10.9. The molecule has 0 heterocycles. The Balaban J connectivity index is 2.70. The fourth-order valence-electron chi connectivity index (χ4n) is 1.68. The minimum atomic E-state index is -0.588. The van der Waals surface area contributed by atoms with Gasteiger partial charge in [-0.2, -0.15) is 0 Å². The third-order valence-corrected chi connectivity index (χ3v) is 2.78. The van der Waals surface area contributed by atoms with Crippen molar-refractivity contribution in [3.8, 4) is 0 Å². The van der Waals surface area contributed by atoms with Crippen LogP contribution in [0.15, 0.2) is 24.3 Å². The number of ether oxygens (including phenoxy) is 1. The largest absolute Gasteiger partial charge is 0.469 e. The number of hydrogen-bond acceptors (Lipinski definition) is 5. The van der Waals surface area contributed by atoms with Crippen LogP contribution in [0.25, 0.3) is 0 Å². The van der Waals surface area contributed by atoms with Crippen LogP contribution in [0.1, 0.15) is 23.2 Å². The van der Waals surface area contributed by atoms with Crippen LogP contribution in [0.2, 0.25) is 0 Å². The molecule has 1 aromatic rings. The summed E-state index contributed by atoms with van der Waals surface area (Å²) in [5.74, 6) is -0.793. The van der Waals surface area contributed by atoms with Gasteiger partial charge in [0.1, 0.15) is 5.56 Å². The molecule has 1 aromatic carbocycles.